The highest BCUT2D eigenvalue weighted by Crippen LogP contribution is 2.19. The van der Waals surface area contributed by atoms with Gasteiger partial charge in [0, 0.05) is 24.7 Å². The summed E-state index contributed by atoms with van der Waals surface area (Å²) in [5.74, 6) is 0. The van der Waals surface area contributed by atoms with Crippen LogP contribution in [-0.2, 0) is 16.8 Å². The lowest BCUT2D eigenvalue weighted by atomic mass is 10.1. The van der Waals surface area contributed by atoms with Crippen molar-refractivity contribution < 1.29 is 8.42 Å². The highest BCUT2D eigenvalue weighted by molar-refractivity contribution is 7.87. The van der Waals surface area contributed by atoms with Gasteiger partial charge in [-0.2, -0.15) is 17.4 Å². The van der Waals surface area contributed by atoms with E-state index in [-0.39, 0.29) is 12.6 Å². The van der Waals surface area contributed by atoms with Crippen LogP contribution in [0.25, 0.3) is 0 Å². The molecule has 1 atom stereocenters. The maximum absolute atomic E-state index is 12.4. The van der Waals surface area contributed by atoms with E-state index >= 15 is 0 Å². The second-order valence-corrected chi connectivity index (χ2v) is 7.49. The third-order valence-corrected chi connectivity index (χ3v) is 5.63. The quantitative estimate of drug-likeness (QED) is 0.804. The molecule has 3 N–H and O–H groups in total. The Morgan fingerprint density at radius 2 is 2.24 bits per heavy atom. The minimum Gasteiger partial charge on any atom is -0.389 e. The molecule has 1 aromatic carbocycles. The largest absolute Gasteiger partial charge is 0.389 e. The van der Waals surface area contributed by atoms with E-state index < -0.39 is 10.2 Å². The zero-order valence-corrected chi connectivity index (χ0v) is 13.7. The summed E-state index contributed by atoms with van der Waals surface area (Å²) in [5.41, 5.74) is 7.17. The number of benzene rings is 1. The van der Waals surface area contributed by atoms with E-state index in [0.717, 1.165) is 30.4 Å². The molecule has 21 heavy (non-hydrogen) atoms. The molecule has 1 fully saturated rings. The molecule has 5 nitrogen and oxygen atoms in total. The van der Waals surface area contributed by atoms with E-state index in [1.807, 2.05) is 31.2 Å². The first-order valence-corrected chi connectivity index (χ1v) is 8.90. The topological polar surface area (TPSA) is 75.4 Å². The summed E-state index contributed by atoms with van der Waals surface area (Å²) < 4.78 is 28.9. The number of nitrogens with two attached hydrogens (primary N) is 1. The number of nitrogens with one attached hydrogen (secondary N) is 1. The number of hydrogen-bond donors (Lipinski definition) is 2. The van der Waals surface area contributed by atoms with E-state index in [1.165, 1.54) is 0 Å². The SMILES string of the molecule is CC1CCCCN1S(=O)(=O)NCc1cccc(C(N)=S)c1. The summed E-state index contributed by atoms with van der Waals surface area (Å²) in [6.07, 6.45) is 2.92. The second kappa shape index (κ2) is 6.83. The van der Waals surface area contributed by atoms with E-state index in [2.05, 4.69) is 4.72 Å². The van der Waals surface area contributed by atoms with Crippen LogP contribution in [0, 0.1) is 0 Å². The Balaban J connectivity index is 2.04. The van der Waals surface area contributed by atoms with Crippen LogP contribution in [0.1, 0.15) is 37.3 Å². The molecule has 1 heterocycles. The van der Waals surface area contributed by atoms with Crippen LogP contribution in [0.5, 0.6) is 0 Å². The summed E-state index contributed by atoms with van der Waals surface area (Å²) in [4.78, 5) is 0.310. The maximum Gasteiger partial charge on any atom is 0.279 e. The van der Waals surface area contributed by atoms with E-state index in [4.69, 9.17) is 18.0 Å². The predicted molar refractivity (Wildman–Crippen MR) is 88.1 cm³/mol. The molecule has 1 aromatic rings. The molecule has 1 unspecified atom stereocenters. The van der Waals surface area contributed by atoms with Gasteiger partial charge in [0.15, 0.2) is 0 Å². The van der Waals surface area contributed by atoms with Crippen molar-refractivity contribution in [3.8, 4) is 0 Å². The molecule has 0 radical (unpaired) electrons. The van der Waals surface area contributed by atoms with Gasteiger partial charge in [0.1, 0.15) is 4.99 Å². The Bertz CT molecular complexity index is 616. The Labute approximate surface area is 131 Å². The zero-order chi connectivity index (χ0) is 15.5. The van der Waals surface area contributed by atoms with Crippen molar-refractivity contribution in [3.05, 3.63) is 35.4 Å². The second-order valence-electron chi connectivity index (χ2n) is 5.35. The minimum absolute atomic E-state index is 0.0548. The Morgan fingerprint density at radius 1 is 1.48 bits per heavy atom. The molecular formula is C14H21N3O2S2. The van der Waals surface area contributed by atoms with Gasteiger partial charge in [0.05, 0.1) is 0 Å². The smallest absolute Gasteiger partial charge is 0.279 e. The molecular weight excluding hydrogens is 306 g/mol. The van der Waals surface area contributed by atoms with E-state index in [0.29, 0.717) is 11.5 Å². The molecule has 1 saturated heterocycles. The average molecular weight is 327 g/mol. The lowest BCUT2D eigenvalue weighted by Crippen LogP contribution is -2.47. The lowest BCUT2D eigenvalue weighted by Gasteiger charge is -2.32. The summed E-state index contributed by atoms with van der Waals surface area (Å²) in [7, 11) is -3.44. The zero-order valence-electron chi connectivity index (χ0n) is 12.1. The summed E-state index contributed by atoms with van der Waals surface area (Å²) in [6.45, 7) is 2.78. The van der Waals surface area contributed by atoms with Crippen molar-refractivity contribution in [2.75, 3.05) is 6.54 Å². The molecule has 116 valence electrons. The molecule has 0 amide bonds. The first-order chi connectivity index (χ1) is 9.90. The molecule has 0 saturated carbocycles. The van der Waals surface area contributed by atoms with Crippen LogP contribution >= 0.6 is 12.2 Å². The van der Waals surface area contributed by atoms with Gasteiger partial charge in [-0.05, 0) is 31.4 Å². The third kappa shape index (κ3) is 4.23. The fourth-order valence-electron chi connectivity index (χ4n) is 2.52. The predicted octanol–water partition coefficient (Wildman–Crippen LogP) is 1.53. The molecule has 0 aliphatic carbocycles. The van der Waals surface area contributed by atoms with Crippen molar-refractivity contribution in [2.24, 2.45) is 5.73 Å². The van der Waals surface area contributed by atoms with E-state index in [1.54, 1.807) is 4.31 Å². The highest BCUT2D eigenvalue weighted by atomic mass is 32.2. The summed E-state index contributed by atoms with van der Waals surface area (Å²) in [6, 6.07) is 7.35. The molecule has 7 heteroatoms. The number of hydrogen-bond acceptors (Lipinski definition) is 3. The Hall–Kier alpha value is -1.02. The number of piperidine rings is 1. The van der Waals surface area contributed by atoms with Gasteiger partial charge in [-0.3, -0.25) is 0 Å². The van der Waals surface area contributed by atoms with Crippen LogP contribution in [0.3, 0.4) is 0 Å². The molecule has 1 aliphatic rings. The Kier molecular flexibility index (Phi) is 5.32. The summed E-state index contributed by atoms with van der Waals surface area (Å²) in [5, 5.41) is 0. The molecule has 1 aliphatic heterocycles. The van der Waals surface area contributed by atoms with Crippen molar-refractivity contribution in [1.29, 1.82) is 0 Å². The third-order valence-electron chi connectivity index (χ3n) is 3.72. The highest BCUT2D eigenvalue weighted by Gasteiger charge is 2.28. The van der Waals surface area contributed by atoms with Gasteiger partial charge >= 0.3 is 0 Å². The Morgan fingerprint density at radius 3 is 2.90 bits per heavy atom. The maximum atomic E-state index is 12.4. The van der Waals surface area contributed by atoms with Gasteiger partial charge in [0.2, 0.25) is 0 Å². The van der Waals surface area contributed by atoms with Gasteiger partial charge in [0.25, 0.3) is 10.2 Å². The van der Waals surface area contributed by atoms with Crippen LogP contribution in [0.2, 0.25) is 0 Å². The van der Waals surface area contributed by atoms with Crippen molar-refractivity contribution in [1.82, 2.24) is 9.03 Å². The van der Waals surface area contributed by atoms with Crippen LogP contribution in [0.4, 0.5) is 0 Å². The molecule has 0 spiro atoms. The van der Waals surface area contributed by atoms with Crippen molar-refractivity contribution in [3.63, 3.8) is 0 Å². The standard InChI is InChI=1S/C14H21N3O2S2/c1-11-5-2-3-8-17(11)21(18,19)16-10-12-6-4-7-13(9-12)14(15)20/h4,6-7,9,11,16H,2-3,5,8,10H2,1H3,(H2,15,20). The van der Waals surface area contributed by atoms with Crippen LogP contribution < -0.4 is 10.5 Å². The van der Waals surface area contributed by atoms with Gasteiger partial charge in [-0.25, -0.2) is 0 Å². The number of nitrogens with zero attached hydrogens (tertiary/aromatic N) is 1. The van der Waals surface area contributed by atoms with Crippen molar-refractivity contribution in [2.45, 2.75) is 38.8 Å². The monoisotopic (exact) mass is 327 g/mol. The van der Waals surface area contributed by atoms with Crippen LogP contribution in [-0.4, -0.2) is 30.3 Å². The summed E-state index contributed by atoms with van der Waals surface area (Å²) >= 11 is 4.93. The molecule has 0 aromatic heterocycles. The van der Waals surface area contributed by atoms with Crippen molar-refractivity contribution >= 4 is 27.4 Å². The lowest BCUT2D eigenvalue weighted by molar-refractivity contribution is 0.265. The minimum atomic E-state index is -3.44. The first kappa shape index (κ1) is 16.4. The van der Waals surface area contributed by atoms with Gasteiger partial charge in [-0.1, -0.05) is 36.8 Å². The van der Waals surface area contributed by atoms with E-state index in [9.17, 15) is 8.42 Å². The molecule has 2 rings (SSSR count). The fourth-order valence-corrected chi connectivity index (χ4v) is 4.11. The molecule has 0 bridgehead atoms. The number of rotatable bonds is 5. The average Bonchev–Trinajstić information content (AvgIpc) is 2.46. The van der Waals surface area contributed by atoms with Crippen LogP contribution in [0.15, 0.2) is 24.3 Å². The number of thiocarbonyl (C=S) groups is 1. The van der Waals surface area contributed by atoms with Gasteiger partial charge in [-0.15, -0.1) is 0 Å². The fraction of sp³-hybridized carbons (Fsp3) is 0.500. The first-order valence-electron chi connectivity index (χ1n) is 7.05. The van der Waals surface area contributed by atoms with Gasteiger partial charge < -0.3 is 5.73 Å². The normalized spacial score (nSPS) is 20.3.